The van der Waals surface area contributed by atoms with Crippen LogP contribution >= 0.6 is 11.3 Å². The van der Waals surface area contributed by atoms with Crippen molar-refractivity contribution in [3.8, 4) is 21.9 Å². The molecule has 94 valence electrons. The highest BCUT2D eigenvalue weighted by molar-refractivity contribution is 7.13. The smallest absolute Gasteiger partial charge is 0.336 e. The van der Waals surface area contributed by atoms with Gasteiger partial charge in [-0.1, -0.05) is 0 Å². The van der Waals surface area contributed by atoms with E-state index in [1.54, 1.807) is 31.7 Å². The summed E-state index contributed by atoms with van der Waals surface area (Å²) in [5.74, 6) is 0.434. The fraction of sp³-hybridized carbons (Fsp3) is 0.154. The molecule has 0 fully saturated rings. The molecule has 4 nitrogen and oxygen atoms in total. The van der Waals surface area contributed by atoms with Gasteiger partial charge >= 0.3 is 5.97 Å². The summed E-state index contributed by atoms with van der Waals surface area (Å²) in [5.41, 5.74) is 1.14. The predicted octanol–water partition coefficient (Wildman–Crippen LogP) is 3.13. The topological polar surface area (TPSA) is 55.8 Å². The van der Waals surface area contributed by atoms with Gasteiger partial charge in [-0.2, -0.15) is 0 Å². The van der Waals surface area contributed by atoms with Crippen molar-refractivity contribution in [1.82, 2.24) is 0 Å². The second-order valence-corrected chi connectivity index (χ2v) is 4.48. The van der Waals surface area contributed by atoms with Crippen molar-refractivity contribution in [3.63, 3.8) is 0 Å². The van der Waals surface area contributed by atoms with Crippen LogP contribution in [0.3, 0.4) is 0 Å². The molecule has 0 spiro atoms. The average Bonchev–Trinajstić information content (AvgIpc) is 2.87. The first-order valence-electron chi connectivity index (χ1n) is 5.20. The first-order valence-corrected chi connectivity index (χ1v) is 6.08. The van der Waals surface area contributed by atoms with Gasteiger partial charge in [0.1, 0.15) is 11.5 Å². The van der Waals surface area contributed by atoms with E-state index in [-0.39, 0.29) is 5.56 Å². The van der Waals surface area contributed by atoms with Crippen LogP contribution in [0.1, 0.15) is 10.4 Å². The van der Waals surface area contributed by atoms with E-state index < -0.39 is 5.97 Å². The van der Waals surface area contributed by atoms with Gasteiger partial charge < -0.3 is 14.6 Å². The minimum atomic E-state index is -0.926. The second-order valence-electron chi connectivity index (χ2n) is 3.57. The lowest BCUT2D eigenvalue weighted by Gasteiger charge is -2.08. The zero-order chi connectivity index (χ0) is 13.1. The highest BCUT2D eigenvalue weighted by Crippen LogP contribution is 2.36. The predicted molar refractivity (Wildman–Crippen MR) is 69.8 cm³/mol. The maximum absolute atomic E-state index is 10.9. The van der Waals surface area contributed by atoms with E-state index in [0.717, 1.165) is 10.4 Å². The molecule has 1 aromatic carbocycles. The van der Waals surface area contributed by atoms with E-state index in [2.05, 4.69) is 0 Å². The van der Waals surface area contributed by atoms with Crippen LogP contribution in [0.4, 0.5) is 0 Å². The van der Waals surface area contributed by atoms with Gasteiger partial charge in [0.25, 0.3) is 0 Å². The third kappa shape index (κ3) is 2.31. The van der Waals surface area contributed by atoms with Crippen molar-refractivity contribution in [3.05, 3.63) is 35.2 Å². The Labute approximate surface area is 108 Å². The molecule has 1 aromatic heterocycles. The molecule has 0 amide bonds. The van der Waals surface area contributed by atoms with Gasteiger partial charge in [0, 0.05) is 21.9 Å². The summed E-state index contributed by atoms with van der Waals surface area (Å²) in [6, 6.07) is 7.08. The van der Waals surface area contributed by atoms with E-state index in [0.29, 0.717) is 11.5 Å². The molecule has 0 aliphatic heterocycles. The molecule has 0 radical (unpaired) electrons. The molecule has 0 aliphatic carbocycles. The molecule has 0 bridgehead atoms. The number of carboxylic acids is 1. The standard InChI is InChI=1S/C13H12O4S/c1-16-9-3-4-10(11(6-9)17-2)12-5-8(7-18-12)13(14)15/h3-7H,1-2H3,(H,14,15). The molecule has 5 heteroatoms. The van der Waals surface area contributed by atoms with Crippen molar-refractivity contribution in [2.75, 3.05) is 14.2 Å². The quantitative estimate of drug-likeness (QED) is 0.921. The third-order valence-electron chi connectivity index (χ3n) is 2.52. The van der Waals surface area contributed by atoms with Crippen LogP contribution in [0.15, 0.2) is 29.6 Å². The Balaban J connectivity index is 2.45. The fourth-order valence-electron chi connectivity index (χ4n) is 1.59. The lowest BCUT2D eigenvalue weighted by Crippen LogP contribution is -1.92. The van der Waals surface area contributed by atoms with Gasteiger partial charge in [-0.15, -0.1) is 11.3 Å². The first-order chi connectivity index (χ1) is 8.65. The number of hydrogen-bond acceptors (Lipinski definition) is 4. The summed E-state index contributed by atoms with van der Waals surface area (Å²) in [7, 11) is 3.16. The Morgan fingerprint density at radius 3 is 2.56 bits per heavy atom. The van der Waals surface area contributed by atoms with E-state index >= 15 is 0 Å². The Morgan fingerprint density at radius 2 is 2.00 bits per heavy atom. The lowest BCUT2D eigenvalue weighted by atomic mass is 10.1. The summed E-state index contributed by atoms with van der Waals surface area (Å²) < 4.78 is 10.4. The van der Waals surface area contributed by atoms with Crippen LogP contribution in [0, 0.1) is 0 Å². The van der Waals surface area contributed by atoms with Gasteiger partial charge in [-0.05, 0) is 18.2 Å². The molecule has 0 saturated heterocycles. The van der Waals surface area contributed by atoms with Crippen LogP contribution < -0.4 is 9.47 Å². The van der Waals surface area contributed by atoms with Crippen molar-refractivity contribution < 1.29 is 19.4 Å². The van der Waals surface area contributed by atoms with E-state index in [1.165, 1.54) is 11.3 Å². The molecule has 0 unspecified atom stereocenters. The number of hydrogen-bond donors (Lipinski definition) is 1. The highest BCUT2D eigenvalue weighted by Gasteiger charge is 2.12. The summed E-state index contributed by atoms with van der Waals surface area (Å²) in [6.07, 6.45) is 0. The summed E-state index contributed by atoms with van der Waals surface area (Å²) in [6.45, 7) is 0. The van der Waals surface area contributed by atoms with E-state index in [4.69, 9.17) is 14.6 Å². The summed E-state index contributed by atoms with van der Waals surface area (Å²) in [4.78, 5) is 11.7. The maximum Gasteiger partial charge on any atom is 0.336 e. The number of carboxylic acid groups (broad SMARTS) is 1. The Kier molecular flexibility index (Phi) is 3.53. The number of rotatable bonds is 4. The monoisotopic (exact) mass is 264 g/mol. The second kappa shape index (κ2) is 5.10. The van der Waals surface area contributed by atoms with Crippen molar-refractivity contribution >= 4 is 17.3 Å². The van der Waals surface area contributed by atoms with Gasteiger partial charge in [0.15, 0.2) is 0 Å². The Hall–Kier alpha value is -2.01. The van der Waals surface area contributed by atoms with Crippen LogP contribution in [-0.4, -0.2) is 25.3 Å². The lowest BCUT2D eigenvalue weighted by molar-refractivity contribution is 0.0697. The molecule has 0 atom stereocenters. The fourth-order valence-corrected chi connectivity index (χ4v) is 2.51. The highest BCUT2D eigenvalue weighted by atomic mass is 32.1. The normalized spacial score (nSPS) is 10.1. The molecule has 0 aliphatic rings. The molecular weight excluding hydrogens is 252 g/mol. The third-order valence-corrected chi connectivity index (χ3v) is 3.48. The first kappa shape index (κ1) is 12.4. The van der Waals surface area contributed by atoms with Gasteiger partial charge in [-0.25, -0.2) is 4.79 Å². The van der Waals surface area contributed by atoms with Crippen LogP contribution in [0.5, 0.6) is 11.5 Å². The average molecular weight is 264 g/mol. The molecule has 1 N–H and O–H groups in total. The zero-order valence-electron chi connectivity index (χ0n) is 9.97. The van der Waals surface area contributed by atoms with Crippen LogP contribution in [-0.2, 0) is 0 Å². The Morgan fingerprint density at radius 1 is 1.22 bits per heavy atom. The molecule has 18 heavy (non-hydrogen) atoms. The SMILES string of the molecule is COc1ccc(-c2cc(C(=O)O)cs2)c(OC)c1. The molecular formula is C13H12O4S. The summed E-state index contributed by atoms with van der Waals surface area (Å²) >= 11 is 1.37. The largest absolute Gasteiger partial charge is 0.497 e. The van der Waals surface area contributed by atoms with E-state index in [1.807, 2.05) is 12.1 Å². The number of methoxy groups -OCH3 is 2. The van der Waals surface area contributed by atoms with Crippen molar-refractivity contribution in [2.24, 2.45) is 0 Å². The molecule has 2 aromatic rings. The maximum atomic E-state index is 10.9. The van der Waals surface area contributed by atoms with Gasteiger partial charge in [-0.3, -0.25) is 0 Å². The van der Waals surface area contributed by atoms with E-state index in [9.17, 15) is 4.79 Å². The molecule has 1 heterocycles. The number of ether oxygens (including phenoxy) is 2. The van der Waals surface area contributed by atoms with Crippen molar-refractivity contribution in [1.29, 1.82) is 0 Å². The van der Waals surface area contributed by atoms with Crippen LogP contribution in [0.2, 0.25) is 0 Å². The van der Waals surface area contributed by atoms with Gasteiger partial charge in [0.2, 0.25) is 0 Å². The van der Waals surface area contributed by atoms with Crippen LogP contribution in [0.25, 0.3) is 10.4 Å². The van der Waals surface area contributed by atoms with Gasteiger partial charge in [0.05, 0.1) is 19.8 Å². The number of carbonyl (C=O) groups is 1. The number of aromatic carboxylic acids is 1. The summed E-state index contributed by atoms with van der Waals surface area (Å²) in [5, 5.41) is 10.5. The minimum Gasteiger partial charge on any atom is -0.497 e. The molecule has 0 saturated carbocycles. The zero-order valence-corrected chi connectivity index (χ0v) is 10.8. The molecule has 2 rings (SSSR count). The Bertz CT molecular complexity index is 574. The van der Waals surface area contributed by atoms with Crippen molar-refractivity contribution in [2.45, 2.75) is 0 Å². The minimum absolute atomic E-state index is 0.285. The number of thiophene rings is 1. The number of benzene rings is 1.